The van der Waals surface area contributed by atoms with Gasteiger partial charge < -0.3 is 10.6 Å². The summed E-state index contributed by atoms with van der Waals surface area (Å²) in [5.74, 6) is 0.137. The maximum atomic E-state index is 12.0. The van der Waals surface area contributed by atoms with E-state index in [2.05, 4.69) is 15.5 Å². The van der Waals surface area contributed by atoms with E-state index in [1.165, 1.54) is 4.68 Å². The molecule has 0 aliphatic carbocycles. The van der Waals surface area contributed by atoms with Crippen LogP contribution in [0.3, 0.4) is 0 Å². The number of carbonyl (C=O) groups is 2. The zero-order chi connectivity index (χ0) is 13.1. The summed E-state index contributed by atoms with van der Waals surface area (Å²) in [6.07, 6.45) is 1.46. The molecule has 8 heteroatoms. The number of primary amides is 1. The van der Waals surface area contributed by atoms with Gasteiger partial charge in [0.05, 0.1) is 6.42 Å². The number of aryl methyl sites for hydroxylation is 1. The summed E-state index contributed by atoms with van der Waals surface area (Å²) in [5.41, 5.74) is 5.25. The van der Waals surface area contributed by atoms with Crippen LogP contribution >= 0.6 is 0 Å². The second kappa shape index (κ2) is 5.11. The number of aromatic nitrogens is 4. The van der Waals surface area contributed by atoms with Crippen LogP contribution in [0.25, 0.3) is 0 Å². The summed E-state index contributed by atoms with van der Waals surface area (Å²) in [6, 6.07) is 0. The molecule has 0 spiro atoms. The summed E-state index contributed by atoms with van der Waals surface area (Å²) in [4.78, 5) is 24.7. The summed E-state index contributed by atoms with van der Waals surface area (Å²) < 4.78 is 1.48. The normalized spacial score (nSPS) is 16.8. The molecule has 1 aliphatic heterocycles. The van der Waals surface area contributed by atoms with Gasteiger partial charge in [-0.1, -0.05) is 0 Å². The number of carbonyl (C=O) groups excluding carboxylic acids is 2. The molecule has 0 bridgehead atoms. The Morgan fingerprint density at radius 1 is 1.39 bits per heavy atom. The molecule has 0 saturated carbocycles. The van der Waals surface area contributed by atoms with Crippen molar-refractivity contribution in [2.24, 2.45) is 18.7 Å². The predicted molar refractivity (Wildman–Crippen MR) is 61.0 cm³/mol. The first-order chi connectivity index (χ1) is 8.58. The zero-order valence-corrected chi connectivity index (χ0v) is 10.2. The van der Waals surface area contributed by atoms with Crippen LogP contribution in [-0.4, -0.2) is 50.0 Å². The first kappa shape index (κ1) is 12.5. The number of hydrogen-bond acceptors (Lipinski definition) is 5. The molecule has 0 aromatic carbocycles. The van der Waals surface area contributed by atoms with Gasteiger partial charge in [0.2, 0.25) is 11.8 Å². The van der Waals surface area contributed by atoms with Crippen LogP contribution in [0.4, 0.5) is 0 Å². The van der Waals surface area contributed by atoms with Crippen LogP contribution in [-0.2, 0) is 23.1 Å². The predicted octanol–water partition coefficient (Wildman–Crippen LogP) is -1.52. The van der Waals surface area contributed by atoms with Gasteiger partial charge in [-0.25, -0.2) is 4.68 Å². The highest BCUT2D eigenvalue weighted by atomic mass is 16.2. The molecule has 2 N–H and O–H groups in total. The fourth-order valence-electron chi connectivity index (χ4n) is 2.06. The van der Waals surface area contributed by atoms with E-state index in [9.17, 15) is 9.59 Å². The maximum absolute atomic E-state index is 12.0. The van der Waals surface area contributed by atoms with Crippen LogP contribution in [0.2, 0.25) is 0 Å². The Morgan fingerprint density at radius 3 is 2.56 bits per heavy atom. The Morgan fingerprint density at radius 2 is 2.06 bits per heavy atom. The van der Waals surface area contributed by atoms with Crippen molar-refractivity contribution in [1.29, 1.82) is 0 Å². The van der Waals surface area contributed by atoms with Gasteiger partial charge in [0, 0.05) is 26.1 Å². The quantitative estimate of drug-likeness (QED) is 0.702. The van der Waals surface area contributed by atoms with E-state index in [1.54, 1.807) is 11.9 Å². The lowest BCUT2D eigenvalue weighted by Crippen LogP contribution is -2.42. The summed E-state index contributed by atoms with van der Waals surface area (Å²) in [6.45, 7) is 1.13. The van der Waals surface area contributed by atoms with Crippen molar-refractivity contribution >= 4 is 11.8 Å². The lowest BCUT2D eigenvalue weighted by molar-refractivity contribution is -0.134. The van der Waals surface area contributed by atoms with Crippen molar-refractivity contribution in [2.45, 2.75) is 19.3 Å². The molecule has 8 nitrogen and oxygen atoms in total. The van der Waals surface area contributed by atoms with Gasteiger partial charge in [-0.2, -0.15) is 0 Å². The largest absolute Gasteiger partial charge is 0.369 e. The number of nitrogens with zero attached hydrogens (tertiary/aromatic N) is 5. The first-order valence-corrected chi connectivity index (χ1v) is 5.86. The highest BCUT2D eigenvalue weighted by Crippen LogP contribution is 2.17. The van der Waals surface area contributed by atoms with Crippen molar-refractivity contribution < 1.29 is 9.59 Å². The highest BCUT2D eigenvalue weighted by Gasteiger charge is 2.26. The monoisotopic (exact) mass is 252 g/mol. The van der Waals surface area contributed by atoms with Gasteiger partial charge in [0.15, 0.2) is 5.82 Å². The number of amides is 2. The molecule has 2 heterocycles. The number of rotatable bonds is 3. The molecule has 0 radical (unpaired) electrons. The van der Waals surface area contributed by atoms with Crippen LogP contribution < -0.4 is 5.73 Å². The number of likely N-dealkylation sites (tertiary alicyclic amines) is 1. The Hall–Kier alpha value is -1.99. The van der Waals surface area contributed by atoms with Crippen molar-refractivity contribution in [3.8, 4) is 0 Å². The van der Waals surface area contributed by atoms with Gasteiger partial charge >= 0.3 is 0 Å². The fourth-order valence-corrected chi connectivity index (χ4v) is 2.06. The van der Waals surface area contributed by atoms with Crippen LogP contribution in [0, 0.1) is 5.92 Å². The minimum absolute atomic E-state index is 0.0178. The number of tetrazole rings is 1. The minimum atomic E-state index is -0.278. The molecule has 18 heavy (non-hydrogen) atoms. The Kier molecular flexibility index (Phi) is 3.54. The van der Waals surface area contributed by atoms with Crippen LogP contribution in [0.15, 0.2) is 0 Å². The standard InChI is InChI=1S/C10H16N6O2/c1-15-8(12-13-14-15)6-9(17)16-4-2-7(3-5-16)10(11)18/h7H,2-6H2,1H3,(H2,11,18). The molecule has 1 aliphatic rings. The molecule has 0 atom stereocenters. The van der Waals surface area contributed by atoms with E-state index in [4.69, 9.17) is 5.73 Å². The highest BCUT2D eigenvalue weighted by molar-refractivity contribution is 5.79. The lowest BCUT2D eigenvalue weighted by atomic mass is 9.96. The molecule has 2 amide bonds. The van der Waals surface area contributed by atoms with Crippen molar-refractivity contribution in [2.75, 3.05) is 13.1 Å². The summed E-state index contributed by atoms with van der Waals surface area (Å²) >= 11 is 0. The number of piperidine rings is 1. The zero-order valence-electron chi connectivity index (χ0n) is 10.2. The molecule has 98 valence electrons. The van der Waals surface area contributed by atoms with Crippen LogP contribution in [0.1, 0.15) is 18.7 Å². The molecule has 2 rings (SSSR count). The smallest absolute Gasteiger partial charge is 0.230 e. The van der Waals surface area contributed by atoms with E-state index in [1.807, 2.05) is 0 Å². The van der Waals surface area contributed by atoms with Crippen molar-refractivity contribution in [1.82, 2.24) is 25.1 Å². The SMILES string of the molecule is Cn1nnnc1CC(=O)N1CCC(C(N)=O)CC1. The Labute approximate surface area is 104 Å². The van der Waals surface area contributed by atoms with Gasteiger partial charge in [-0.15, -0.1) is 5.10 Å². The van der Waals surface area contributed by atoms with Gasteiger partial charge in [-0.3, -0.25) is 9.59 Å². The molecular formula is C10H16N6O2. The van der Waals surface area contributed by atoms with E-state index < -0.39 is 0 Å². The molecule has 0 unspecified atom stereocenters. The van der Waals surface area contributed by atoms with E-state index in [-0.39, 0.29) is 24.2 Å². The van der Waals surface area contributed by atoms with Gasteiger partial charge in [0.25, 0.3) is 0 Å². The third-order valence-electron chi connectivity index (χ3n) is 3.27. The molecular weight excluding hydrogens is 236 g/mol. The third-order valence-corrected chi connectivity index (χ3v) is 3.27. The average molecular weight is 252 g/mol. The first-order valence-electron chi connectivity index (χ1n) is 5.86. The second-order valence-corrected chi connectivity index (χ2v) is 4.45. The van der Waals surface area contributed by atoms with Crippen molar-refractivity contribution in [3.63, 3.8) is 0 Å². The fraction of sp³-hybridized carbons (Fsp3) is 0.700. The van der Waals surface area contributed by atoms with E-state index >= 15 is 0 Å². The van der Waals surface area contributed by atoms with Crippen LogP contribution in [0.5, 0.6) is 0 Å². The molecule has 1 aromatic heterocycles. The van der Waals surface area contributed by atoms with E-state index in [0.29, 0.717) is 31.8 Å². The van der Waals surface area contributed by atoms with Gasteiger partial charge in [-0.05, 0) is 23.3 Å². The molecule has 1 aromatic rings. The average Bonchev–Trinajstić information content (AvgIpc) is 2.75. The maximum Gasteiger partial charge on any atom is 0.230 e. The molecule has 1 saturated heterocycles. The second-order valence-electron chi connectivity index (χ2n) is 4.45. The molecule has 1 fully saturated rings. The third kappa shape index (κ3) is 2.63. The minimum Gasteiger partial charge on any atom is -0.369 e. The topological polar surface area (TPSA) is 107 Å². The lowest BCUT2D eigenvalue weighted by Gasteiger charge is -2.30. The van der Waals surface area contributed by atoms with Gasteiger partial charge in [0.1, 0.15) is 0 Å². The summed E-state index contributed by atoms with van der Waals surface area (Å²) in [5, 5.41) is 10.9. The number of nitrogens with two attached hydrogens (primary N) is 1. The van der Waals surface area contributed by atoms with Crippen molar-refractivity contribution in [3.05, 3.63) is 5.82 Å². The Balaban J connectivity index is 1.88. The number of hydrogen-bond donors (Lipinski definition) is 1. The van der Waals surface area contributed by atoms with E-state index in [0.717, 1.165) is 0 Å². The Bertz CT molecular complexity index is 449. The summed E-state index contributed by atoms with van der Waals surface area (Å²) in [7, 11) is 1.70.